The lowest BCUT2D eigenvalue weighted by Crippen LogP contribution is -2.45. The minimum atomic E-state index is -3.34. The second-order valence-corrected chi connectivity index (χ2v) is 8.53. The van der Waals surface area contributed by atoms with E-state index in [0.717, 1.165) is 36.6 Å². The molecule has 0 aromatic heterocycles. The summed E-state index contributed by atoms with van der Waals surface area (Å²) in [5, 5.41) is 3.01. The van der Waals surface area contributed by atoms with Crippen molar-refractivity contribution in [3.8, 4) is 0 Å². The number of aliphatic imine (C=N–C) groups is 1. The van der Waals surface area contributed by atoms with Crippen molar-refractivity contribution in [3.05, 3.63) is 41.0 Å². The number of nitrogens with zero attached hydrogens (tertiary/aromatic N) is 1. The molecule has 0 saturated carbocycles. The molecular formula is C18H24N4O3S. The molecule has 1 aliphatic heterocycles. The summed E-state index contributed by atoms with van der Waals surface area (Å²) in [6.45, 7) is 1.04. The first-order valence-corrected chi connectivity index (χ1v) is 10.6. The van der Waals surface area contributed by atoms with Crippen LogP contribution in [0.4, 0.5) is 0 Å². The third kappa shape index (κ3) is 4.43. The van der Waals surface area contributed by atoms with Gasteiger partial charge in [-0.25, -0.2) is 8.42 Å². The average molecular weight is 376 g/mol. The molecule has 0 saturated heterocycles. The summed E-state index contributed by atoms with van der Waals surface area (Å²) in [7, 11) is -3.34. The fourth-order valence-corrected chi connectivity index (χ4v) is 3.88. The number of primary amides is 1. The number of hydrogen-bond donors (Lipinski definition) is 3. The van der Waals surface area contributed by atoms with Crippen LogP contribution in [0, 0.1) is 0 Å². The molecular weight excluding hydrogens is 352 g/mol. The zero-order valence-corrected chi connectivity index (χ0v) is 15.6. The van der Waals surface area contributed by atoms with Crippen LogP contribution >= 0.6 is 0 Å². The largest absolute Gasteiger partial charge is 0.366 e. The van der Waals surface area contributed by atoms with Crippen LogP contribution < -0.4 is 15.8 Å². The molecule has 2 aliphatic rings. The minimum absolute atomic E-state index is 0.102. The van der Waals surface area contributed by atoms with Crippen LogP contribution in [-0.2, 0) is 10.0 Å². The molecule has 0 bridgehead atoms. The van der Waals surface area contributed by atoms with Gasteiger partial charge < -0.3 is 11.1 Å². The van der Waals surface area contributed by atoms with Crippen molar-refractivity contribution in [1.82, 2.24) is 10.0 Å². The first kappa shape index (κ1) is 18.4. The van der Waals surface area contributed by atoms with Crippen molar-refractivity contribution in [2.45, 2.75) is 31.6 Å². The van der Waals surface area contributed by atoms with Crippen molar-refractivity contribution in [3.63, 3.8) is 0 Å². The number of guanidine groups is 1. The normalized spacial score (nSPS) is 20.6. The standard InChI is InChI=1S/C18H24N4O3S/c1-26(24,25)22-18-20-10-14(11-21-18)13-7-8-15(17(19)23)16(9-13)12-5-3-2-4-6-12/h5,7-9,14H,2-4,6,10-11H2,1H3,(H2,19,23)(H2,20,21,22). The topological polar surface area (TPSA) is 114 Å². The predicted molar refractivity (Wildman–Crippen MR) is 102 cm³/mol. The van der Waals surface area contributed by atoms with Gasteiger partial charge in [-0.3, -0.25) is 14.5 Å². The summed E-state index contributed by atoms with van der Waals surface area (Å²) in [6.07, 6.45) is 7.55. The third-order valence-electron chi connectivity index (χ3n) is 4.69. The van der Waals surface area contributed by atoms with E-state index < -0.39 is 15.9 Å². The first-order valence-electron chi connectivity index (χ1n) is 8.73. The summed E-state index contributed by atoms with van der Waals surface area (Å²) < 4.78 is 24.9. The lowest BCUT2D eigenvalue weighted by Gasteiger charge is -2.25. The molecule has 0 fully saturated rings. The summed E-state index contributed by atoms with van der Waals surface area (Å²) in [5.74, 6) is -0.0462. The number of nitrogens with two attached hydrogens (primary N) is 1. The maximum atomic E-state index is 11.8. The molecule has 0 radical (unpaired) electrons. The summed E-state index contributed by atoms with van der Waals surface area (Å²) in [4.78, 5) is 16.1. The molecule has 1 heterocycles. The van der Waals surface area contributed by atoms with Crippen LogP contribution in [-0.4, -0.2) is 39.6 Å². The molecule has 7 nitrogen and oxygen atoms in total. The molecule has 1 aliphatic carbocycles. The van der Waals surface area contributed by atoms with E-state index in [0.29, 0.717) is 18.7 Å². The summed E-state index contributed by atoms with van der Waals surface area (Å²) >= 11 is 0. The van der Waals surface area contributed by atoms with Gasteiger partial charge in [0.05, 0.1) is 12.8 Å². The van der Waals surface area contributed by atoms with Gasteiger partial charge in [-0.1, -0.05) is 18.2 Å². The second kappa shape index (κ2) is 7.49. The number of allylic oxidation sites excluding steroid dienone is 2. The van der Waals surface area contributed by atoms with Crippen LogP contribution in [0.1, 0.15) is 53.1 Å². The van der Waals surface area contributed by atoms with Crippen molar-refractivity contribution >= 4 is 27.5 Å². The minimum Gasteiger partial charge on any atom is -0.366 e. The van der Waals surface area contributed by atoms with Crippen LogP contribution in [0.15, 0.2) is 29.3 Å². The first-order chi connectivity index (χ1) is 12.3. The smallest absolute Gasteiger partial charge is 0.249 e. The Morgan fingerprint density at radius 1 is 1.35 bits per heavy atom. The zero-order chi connectivity index (χ0) is 18.7. The molecule has 1 unspecified atom stereocenters. The molecule has 4 N–H and O–H groups in total. The van der Waals surface area contributed by atoms with Gasteiger partial charge in [-0.05, 0) is 48.4 Å². The molecule has 1 aromatic carbocycles. The Kier molecular flexibility index (Phi) is 5.31. The van der Waals surface area contributed by atoms with E-state index in [1.165, 1.54) is 12.0 Å². The van der Waals surface area contributed by atoms with E-state index in [-0.39, 0.29) is 11.9 Å². The van der Waals surface area contributed by atoms with Crippen molar-refractivity contribution in [2.24, 2.45) is 10.7 Å². The number of carbonyl (C=O) groups is 1. The van der Waals surface area contributed by atoms with Gasteiger partial charge in [0.1, 0.15) is 0 Å². The second-order valence-electron chi connectivity index (χ2n) is 6.79. The Morgan fingerprint density at radius 2 is 2.15 bits per heavy atom. The van der Waals surface area contributed by atoms with Crippen molar-refractivity contribution < 1.29 is 13.2 Å². The Bertz CT molecular complexity index is 874. The highest BCUT2D eigenvalue weighted by Crippen LogP contribution is 2.31. The lowest BCUT2D eigenvalue weighted by atomic mass is 9.87. The van der Waals surface area contributed by atoms with Crippen LogP contribution in [0.25, 0.3) is 5.57 Å². The van der Waals surface area contributed by atoms with Gasteiger partial charge in [0.25, 0.3) is 0 Å². The Morgan fingerprint density at radius 3 is 2.73 bits per heavy atom. The Hall–Kier alpha value is -2.35. The fraction of sp³-hybridized carbons (Fsp3) is 0.444. The highest BCUT2D eigenvalue weighted by molar-refractivity contribution is 7.89. The van der Waals surface area contributed by atoms with E-state index in [1.54, 1.807) is 6.07 Å². The maximum absolute atomic E-state index is 11.8. The molecule has 3 rings (SSSR count). The number of benzene rings is 1. The highest BCUT2D eigenvalue weighted by Gasteiger charge is 2.21. The molecule has 140 valence electrons. The van der Waals surface area contributed by atoms with Crippen LogP contribution in [0.5, 0.6) is 0 Å². The van der Waals surface area contributed by atoms with E-state index in [9.17, 15) is 13.2 Å². The van der Waals surface area contributed by atoms with Gasteiger partial charge in [-0.15, -0.1) is 0 Å². The number of rotatable bonds is 4. The van der Waals surface area contributed by atoms with Gasteiger partial charge in [0, 0.05) is 18.0 Å². The van der Waals surface area contributed by atoms with Gasteiger partial charge in [-0.2, -0.15) is 0 Å². The van der Waals surface area contributed by atoms with Crippen molar-refractivity contribution in [1.29, 1.82) is 0 Å². The van der Waals surface area contributed by atoms with Gasteiger partial charge in [0.2, 0.25) is 21.9 Å². The van der Waals surface area contributed by atoms with Crippen molar-refractivity contribution in [2.75, 3.05) is 19.3 Å². The van der Waals surface area contributed by atoms with Crippen LogP contribution in [0.2, 0.25) is 0 Å². The monoisotopic (exact) mass is 376 g/mol. The molecule has 0 spiro atoms. The zero-order valence-electron chi connectivity index (χ0n) is 14.8. The van der Waals surface area contributed by atoms with E-state index >= 15 is 0 Å². The fourth-order valence-electron chi connectivity index (χ4n) is 3.39. The maximum Gasteiger partial charge on any atom is 0.249 e. The number of amides is 1. The van der Waals surface area contributed by atoms with E-state index in [1.807, 2.05) is 12.1 Å². The number of nitrogens with one attached hydrogen (secondary N) is 2. The van der Waals surface area contributed by atoms with Gasteiger partial charge >= 0.3 is 0 Å². The SMILES string of the molecule is CS(=O)(=O)NC1=NCC(c2ccc(C(N)=O)c(C3=CCCCC3)c2)CN1. The van der Waals surface area contributed by atoms with Gasteiger partial charge in [0.15, 0.2) is 0 Å². The van der Waals surface area contributed by atoms with E-state index in [4.69, 9.17) is 5.73 Å². The molecule has 26 heavy (non-hydrogen) atoms. The lowest BCUT2D eigenvalue weighted by molar-refractivity contribution is 0.1000. The van der Waals surface area contributed by atoms with E-state index in [2.05, 4.69) is 21.1 Å². The molecule has 8 heteroatoms. The van der Waals surface area contributed by atoms with Crippen LogP contribution in [0.3, 0.4) is 0 Å². The molecule has 1 atom stereocenters. The quantitative estimate of drug-likeness (QED) is 0.735. The predicted octanol–water partition coefficient (Wildman–Crippen LogP) is 1.33. The molecule has 1 amide bonds. The Labute approximate surface area is 153 Å². The average Bonchev–Trinajstić information content (AvgIpc) is 2.61. The number of sulfonamides is 1. The molecule has 1 aromatic rings. The summed E-state index contributed by atoms with van der Waals surface area (Å²) in [5.41, 5.74) is 9.27. The third-order valence-corrected chi connectivity index (χ3v) is 5.25. The highest BCUT2D eigenvalue weighted by atomic mass is 32.2. The summed E-state index contributed by atoms with van der Waals surface area (Å²) in [6, 6.07) is 5.73. The Balaban J connectivity index is 1.85. The number of carbonyl (C=O) groups excluding carboxylic acids is 1. The number of hydrogen-bond acceptors (Lipinski definition) is 5.